The van der Waals surface area contributed by atoms with E-state index in [1.54, 1.807) is 13.1 Å². The molecule has 0 unspecified atom stereocenters. The van der Waals surface area contributed by atoms with Crippen LogP contribution in [0.25, 0.3) is 11.2 Å². The topological polar surface area (TPSA) is 69.6 Å². The molecule has 0 aliphatic rings. The van der Waals surface area contributed by atoms with E-state index in [4.69, 9.17) is 16.1 Å². The SMILES string of the molecule is Cc1nc(Cn2c(CCl)nc3cc(Br)cnc32)no1. The van der Waals surface area contributed by atoms with Gasteiger partial charge in [0, 0.05) is 17.6 Å². The third kappa shape index (κ3) is 2.35. The van der Waals surface area contributed by atoms with Gasteiger partial charge >= 0.3 is 0 Å². The molecule has 0 bridgehead atoms. The summed E-state index contributed by atoms with van der Waals surface area (Å²) >= 11 is 9.30. The summed E-state index contributed by atoms with van der Waals surface area (Å²) in [5, 5.41) is 3.88. The van der Waals surface area contributed by atoms with E-state index in [0.717, 1.165) is 21.5 Å². The molecule has 3 aromatic rings. The first-order valence-electron chi connectivity index (χ1n) is 5.53. The fraction of sp³-hybridized carbons (Fsp3) is 0.273. The van der Waals surface area contributed by atoms with Gasteiger partial charge in [-0.15, -0.1) is 11.6 Å². The largest absolute Gasteiger partial charge is 0.340 e. The van der Waals surface area contributed by atoms with Crippen molar-refractivity contribution in [2.24, 2.45) is 0 Å². The lowest BCUT2D eigenvalue weighted by Gasteiger charge is -2.03. The molecule has 8 heteroatoms. The number of halogens is 2. The van der Waals surface area contributed by atoms with Gasteiger partial charge in [-0.25, -0.2) is 9.97 Å². The summed E-state index contributed by atoms with van der Waals surface area (Å²) in [5.41, 5.74) is 1.53. The molecule has 0 radical (unpaired) electrons. The van der Waals surface area contributed by atoms with Crippen molar-refractivity contribution in [3.05, 3.63) is 34.3 Å². The summed E-state index contributed by atoms with van der Waals surface area (Å²) in [4.78, 5) is 13.0. The summed E-state index contributed by atoms with van der Waals surface area (Å²) in [6.07, 6.45) is 1.72. The zero-order valence-electron chi connectivity index (χ0n) is 9.97. The molecule has 0 N–H and O–H groups in total. The number of imidazole rings is 1. The van der Waals surface area contributed by atoms with E-state index < -0.39 is 0 Å². The molecule has 3 rings (SSSR count). The summed E-state index contributed by atoms with van der Waals surface area (Å²) in [7, 11) is 0. The third-order valence-electron chi connectivity index (χ3n) is 2.62. The highest BCUT2D eigenvalue weighted by molar-refractivity contribution is 9.10. The second-order valence-corrected chi connectivity index (χ2v) is 5.16. The molecule has 6 nitrogen and oxygen atoms in total. The van der Waals surface area contributed by atoms with Gasteiger partial charge in [0.2, 0.25) is 5.89 Å². The standard InChI is InChI=1S/C11H9BrClN5O/c1-6-15-9(17-19-6)5-18-10(3-13)16-8-2-7(12)4-14-11(8)18/h2,4H,3,5H2,1H3. The van der Waals surface area contributed by atoms with Gasteiger partial charge in [-0.3, -0.25) is 0 Å². The highest BCUT2D eigenvalue weighted by Gasteiger charge is 2.14. The van der Waals surface area contributed by atoms with E-state index in [2.05, 4.69) is 36.0 Å². The van der Waals surface area contributed by atoms with Crippen molar-refractivity contribution in [2.45, 2.75) is 19.3 Å². The Bertz CT molecular complexity index is 738. The fourth-order valence-electron chi connectivity index (χ4n) is 1.85. The Hall–Kier alpha value is -1.47. The minimum atomic E-state index is 0.296. The summed E-state index contributed by atoms with van der Waals surface area (Å²) in [6, 6.07) is 1.90. The van der Waals surface area contributed by atoms with Gasteiger partial charge in [0.15, 0.2) is 11.5 Å². The van der Waals surface area contributed by atoms with Crippen LogP contribution in [0.3, 0.4) is 0 Å². The number of alkyl halides is 1. The van der Waals surface area contributed by atoms with Gasteiger partial charge < -0.3 is 9.09 Å². The fourth-order valence-corrected chi connectivity index (χ4v) is 2.37. The molecular formula is C11H9BrClN5O. The van der Waals surface area contributed by atoms with Crippen LogP contribution in [0.5, 0.6) is 0 Å². The molecule has 0 saturated carbocycles. The smallest absolute Gasteiger partial charge is 0.223 e. The molecule has 19 heavy (non-hydrogen) atoms. The van der Waals surface area contributed by atoms with E-state index in [1.165, 1.54) is 0 Å². The van der Waals surface area contributed by atoms with Crippen molar-refractivity contribution in [3.63, 3.8) is 0 Å². The molecule has 98 valence electrons. The van der Waals surface area contributed by atoms with Gasteiger partial charge in [0.25, 0.3) is 0 Å². The zero-order chi connectivity index (χ0) is 13.4. The predicted octanol–water partition coefficient (Wildman–Crippen LogP) is 2.67. The number of pyridine rings is 1. The maximum atomic E-state index is 5.93. The summed E-state index contributed by atoms with van der Waals surface area (Å²) in [6.45, 7) is 2.19. The first kappa shape index (κ1) is 12.6. The van der Waals surface area contributed by atoms with Crippen LogP contribution in [0.1, 0.15) is 17.5 Å². The van der Waals surface area contributed by atoms with E-state index in [0.29, 0.717) is 24.1 Å². The normalized spacial score (nSPS) is 11.3. The number of aromatic nitrogens is 5. The highest BCUT2D eigenvalue weighted by atomic mass is 79.9. The van der Waals surface area contributed by atoms with Crippen molar-refractivity contribution in [3.8, 4) is 0 Å². The van der Waals surface area contributed by atoms with Gasteiger partial charge in [-0.2, -0.15) is 4.98 Å². The maximum absolute atomic E-state index is 5.93. The molecule has 0 atom stereocenters. The van der Waals surface area contributed by atoms with Crippen LogP contribution in [-0.2, 0) is 12.4 Å². The Labute approximate surface area is 121 Å². The Morgan fingerprint density at radius 2 is 2.26 bits per heavy atom. The van der Waals surface area contributed by atoms with Crippen molar-refractivity contribution >= 4 is 38.7 Å². The number of nitrogens with zero attached hydrogens (tertiary/aromatic N) is 5. The first-order valence-corrected chi connectivity index (χ1v) is 6.86. The molecule has 0 aromatic carbocycles. The molecule has 3 aromatic heterocycles. The van der Waals surface area contributed by atoms with Crippen LogP contribution >= 0.6 is 27.5 Å². The predicted molar refractivity (Wildman–Crippen MR) is 72.9 cm³/mol. The van der Waals surface area contributed by atoms with Crippen LogP contribution in [-0.4, -0.2) is 24.7 Å². The molecule has 0 spiro atoms. The quantitative estimate of drug-likeness (QED) is 0.684. The van der Waals surface area contributed by atoms with Crippen molar-refractivity contribution in [1.82, 2.24) is 24.7 Å². The minimum absolute atomic E-state index is 0.296. The second-order valence-electron chi connectivity index (χ2n) is 3.97. The van der Waals surface area contributed by atoms with E-state index >= 15 is 0 Å². The number of fused-ring (bicyclic) bond motifs is 1. The molecule has 0 saturated heterocycles. The molecule has 0 fully saturated rings. The van der Waals surface area contributed by atoms with Crippen LogP contribution < -0.4 is 0 Å². The average molecular weight is 343 g/mol. The van der Waals surface area contributed by atoms with Crippen molar-refractivity contribution in [2.75, 3.05) is 0 Å². The van der Waals surface area contributed by atoms with Crippen molar-refractivity contribution < 1.29 is 4.52 Å². The Kier molecular flexibility index (Phi) is 3.24. The van der Waals surface area contributed by atoms with Crippen LogP contribution in [0.15, 0.2) is 21.3 Å². The van der Waals surface area contributed by atoms with Gasteiger partial charge in [-0.1, -0.05) is 5.16 Å². The molecule has 0 aliphatic carbocycles. The monoisotopic (exact) mass is 341 g/mol. The Morgan fingerprint density at radius 1 is 1.42 bits per heavy atom. The van der Waals surface area contributed by atoms with Crippen LogP contribution in [0, 0.1) is 6.92 Å². The van der Waals surface area contributed by atoms with Crippen LogP contribution in [0.4, 0.5) is 0 Å². The van der Waals surface area contributed by atoms with E-state index in [1.807, 2.05) is 10.6 Å². The molecule has 0 amide bonds. The number of hydrogen-bond acceptors (Lipinski definition) is 5. The zero-order valence-corrected chi connectivity index (χ0v) is 12.3. The summed E-state index contributed by atoms with van der Waals surface area (Å²) in [5.74, 6) is 2.13. The Balaban J connectivity index is 2.10. The lowest BCUT2D eigenvalue weighted by atomic mass is 10.4. The number of rotatable bonds is 3. The van der Waals surface area contributed by atoms with Gasteiger partial charge in [-0.05, 0) is 22.0 Å². The summed E-state index contributed by atoms with van der Waals surface area (Å²) < 4.78 is 7.73. The van der Waals surface area contributed by atoms with Gasteiger partial charge in [0.1, 0.15) is 11.3 Å². The first-order chi connectivity index (χ1) is 9.17. The van der Waals surface area contributed by atoms with Crippen LogP contribution in [0.2, 0.25) is 0 Å². The molecule has 0 aliphatic heterocycles. The van der Waals surface area contributed by atoms with E-state index in [-0.39, 0.29) is 0 Å². The lowest BCUT2D eigenvalue weighted by molar-refractivity contribution is 0.386. The number of hydrogen-bond donors (Lipinski definition) is 0. The Morgan fingerprint density at radius 3 is 2.95 bits per heavy atom. The van der Waals surface area contributed by atoms with E-state index in [9.17, 15) is 0 Å². The lowest BCUT2D eigenvalue weighted by Crippen LogP contribution is -2.06. The third-order valence-corrected chi connectivity index (χ3v) is 3.29. The second kappa shape index (κ2) is 4.90. The number of aryl methyl sites for hydroxylation is 1. The van der Waals surface area contributed by atoms with Gasteiger partial charge in [0.05, 0.1) is 12.4 Å². The average Bonchev–Trinajstić information content (AvgIpc) is 2.94. The maximum Gasteiger partial charge on any atom is 0.223 e. The minimum Gasteiger partial charge on any atom is -0.340 e. The molecular weight excluding hydrogens is 334 g/mol. The molecule has 3 heterocycles. The van der Waals surface area contributed by atoms with Crippen molar-refractivity contribution in [1.29, 1.82) is 0 Å². The highest BCUT2D eigenvalue weighted by Crippen LogP contribution is 2.20.